The summed E-state index contributed by atoms with van der Waals surface area (Å²) in [6.45, 7) is 3.59. The molecular formula is C14H11N4O3S-. The quantitative estimate of drug-likeness (QED) is 0.778. The second-order valence-corrected chi connectivity index (χ2v) is 5.63. The van der Waals surface area contributed by atoms with Gasteiger partial charge >= 0.3 is 0 Å². The van der Waals surface area contributed by atoms with Crippen molar-refractivity contribution in [1.82, 2.24) is 14.6 Å². The second-order valence-electron chi connectivity index (χ2n) is 4.72. The maximum atomic E-state index is 12.4. The number of amides is 1. The lowest BCUT2D eigenvalue weighted by Gasteiger charge is -2.09. The molecule has 112 valence electrons. The topological polar surface area (TPSA) is 99.4 Å². The van der Waals surface area contributed by atoms with E-state index in [0.29, 0.717) is 16.9 Å². The number of carbonyl (C=O) groups is 2. The fraction of sp³-hybridized carbons (Fsp3) is 0.143. The number of aryl methyl sites for hydroxylation is 2. The lowest BCUT2D eigenvalue weighted by atomic mass is 10.2. The van der Waals surface area contributed by atoms with Gasteiger partial charge in [-0.25, -0.2) is 9.50 Å². The lowest BCUT2D eigenvalue weighted by molar-refractivity contribution is -0.254. The van der Waals surface area contributed by atoms with E-state index in [9.17, 15) is 14.7 Å². The summed E-state index contributed by atoms with van der Waals surface area (Å²) in [5.41, 5.74) is 2.61. The van der Waals surface area contributed by atoms with Crippen LogP contribution in [0.2, 0.25) is 0 Å². The fourth-order valence-electron chi connectivity index (χ4n) is 2.14. The Morgan fingerprint density at radius 3 is 2.86 bits per heavy atom. The van der Waals surface area contributed by atoms with Crippen LogP contribution in [0.4, 0.5) is 5.69 Å². The van der Waals surface area contributed by atoms with E-state index < -0.39 is 11.9 Å². The summed E-state index contributed by atoms with van der Waals surface area (Å²) < 4.78 is 1.58. The third-order valence-corrected chi connectivity index (χ3v) is 4.08. The van der Waals surface area contributed by atoms with E-state index in [0.717, 1.165) is 17.0 Å². The molecular weight excluding hydrogens is 304 g/mol. The van der Waals surface area contributed by atoms with Crippen LogP contribution in [0.3, 0.4) is 0 Å². The summed E-state index contributed by atoms with van der Waals surface area (Å²) in [6.07, 6.45) is 1.45. The molecule has 0 radical (unpaired) electrons. The highest BCUT2D eigenvalue weighted by molar-refractivity contribution is 7.12. The van der Waals surface area contributed by atoms with Crippen LogP contribution >= 0.6 is 11.3 Å². The Labute approximate surface area is 129 Å². The SMILES string of the molecule is Cc1cc2ncc(C(=O)Nc3ccsc3C(=O)[O-])c(C)n2n1. The molecule has 0 atom stereocenters. The first-order valence-corrected chi connectivity index (χ1v) is 7.27. The van der Waals surface area contributed by atoms with Crippen LogP contribution in [0, 0.1) is 13.8 Å². The standard InChI is InChI=1S/C14H12N4O3S/c1-7-5-11-15-6-9(8(2)18(11)17-7)13(19)16-10-3-4-22-12(10)14(20)21/h3-6H,1-2H3,(H,16,19)(H,20,21)/p-1. The Morgan fingerprint density at radius 2 is 2.14 bits per heavy atom. The maximum absolute atomic E-state index is 12.4. The van der Waals surface area contributed by atoms with Crippen LogP contribution in [0.25, 0.3) is 5.65 Å². The monoisotopic (exact) mass is 315 g/mol. The summed E-state index contributed by atoms with van der Waals surface area (Å²) in [5, 5.41) is 19.4. The highest BCUT2D eigenvalue weighted by Gasteiger charge is 2.16. The van der Waals surface area contributed by atoms with E-state index >= 15 is 0 Å². The Bertz CT molecular complexity index is 897. The number of nitrogens with zero attached hydrogens (tertiary/aromatic N) is 3. The zero-order valence-electron chi connectivity index (χ0n) is 11.8. The number of carboxylic acid groups (broad SMARTS) is 1. The van der Waals surface area contributed by atoms with Gasteiger partial charge in [0.15, 0.2) is 5.65 Å². The largest absolute Gasteiger partial charge is 0.544 e. The van der Waals surface area contributed by atoms with Crippen molar-refractivity contribution in [3.8, 4) is 0 Å². The highest BCUT2D eigenvalue weighted by atomic mass is 32.1. The molecule has 0 bridgehead atoms. The molecule has 0 aromatic carbocycles. The van der Waals surface area contributed by atoms with Crippen molar-refractivity contribution >= 4 is 34.5 Å². The van der Waals surface area contributed by atoms with E-state index in [1.165, 1.54) is 12.3 Å². The molecule has 0 saturated heterocycles. The van der Waals surface area contributed by atoms with Crippen LogP contribution in [0.15, 0.2) is 23.7 Å². The van der Waals surface area contributed by atoms with Crippen LogP contribution < -0.4 is 10.4 Å². The first kappa shape index (κ1) is 14.2. The van der Waals surface area contributed by atoms with Crippen molar-refractivity contribution in [3.63, 3.8) is 0 Å². The normalized spacial score (nSPS) is 10.8. The molecule has 0 aliphatic carbocycles. The predicted molar refractivity (Wildman–Crippen MR) is 79.1 cm³/mol. The van der Waals surface area contributed by atoms with Gasteiger partial charge in [-0.2, -0.15) is 5.10 Å². The van der Waals surface area contributed by atoms with Gasteiger partial charge in [-0.05, 0) is 25.3 Å². The molecule has 3 rings (SSSR count). The highest BCUT2D eigenvalue weighted by Crippen LogP contribution is 2.22. The van der Waals surface area contributed by atoms with Gasteiger partial charge in [0.1, 0.15) is 0 Å². The molecule has 8 heteroatoms. The fourth-order valence-corrected chi connectivity index (χ4v) is 2.82. The maximum Gasteiger partial charge on any atom is 0.259 e. The second kappa shape index (κ2) is 5.23. The summed E-state index contributed by atoms with van der Waals surface area (Å²) in [7, 11) is 0. The number of nitrogens with one attached hydrogen (secondary N) is 1. The van der Waals surface area contributed by atoms with Crippen LogP contribution in [0.1, 0.15) is 31.4 Å². The average Bonchev–Trinajstić information content (AvgIpc) is 3.05. The van der Waals surface area contributed by atoms with Gasteiger partial charge in [0.05, 0.1) is 33.5 Å². The van der Waals surface area contributed by atoms with E-state index in [1.54, 1.807) is 16.8 Å². The van der Waals surface area contributed by atoms with E-state index in [1.807, 2.05) is 13.0 Å². The van der Waals surface area contributed by atoms with Crippen molar-refractivity contribution in [2.24, 2.45) is 0 Å². The Hall–Kier alpha value is -2.74. The number of fused-ring (bicyclic) bond motifs is 1. The van der Waals surface area contributed by atoms with Gasteiger partial charge in [0.2, 0.25) is 0 Å². The molecule has 0 aliphatic rings. The number of hydrogen-bond acceptors (Lipinski definition) is 6. The number of carboxylic acids is 1. The van der Waals surface area contributed by atoms with E-state index in [2.05, 4.69) is 15.4 Å². The van der Waals surface area contributed by atoms with Crippen molar-refractivity contribution in [3.05, 3.63) is 45.5 Å². The molecule has 22 heavy (non-hydrogen) atoms. The minimum Gasteiger partial charge on any atom is -0.544 e. The van der Waals surface area contributed by atoms with Gasteiger partial charge < -0.3 is 15.2 Å². The number of carbonyl (C=O) groups excluding carboxylic acids is 2. The predicted octanol–water partition coefficient (Wildman–Crippen LogP) is 1.02. The first-order valence-electron chi connectivity index (χ1n) is 6.39. The van der Waals surface area contributed by atoms with Crippen molar-refractivity contribution in [2.45, 2.75) is 13.8 Å². The van der Waals surface area contributed by atoms with Gasteiger partial charge in [-0.3, -0.25) is 4.79 Å². The van der Waals surface area contributed by atoms with E-state index in [-0.39, 0.29) is 10.6 Å². The molecule has 7 nitrogen and oxygen atoms in total. The van der Waals surface area contributed by atoms with Gasteiger partial charge in [0, 0.05) is 12.3 Å². The van der Waals surface area contributed by atoms with Crippen LogP contribution in [-0.4, -0.2) is 26.5 Å². The third kappa shape index (κ3) is 2.33. The molecule has 0 fully saturated rings. The zero-order chi connectivity index (χ0) is 15.9. The van der Waals surface area contributed by atoms with E-state index in [4.69, 9.17) is 0 Å². The van der Waals surface area contributed by atoms with Crippen molar-refractivity contribution in [1.29, 1.82) is 0 Å². The Kier molecular flexibility index (Phi) is 3.38. The molecule has 3 aromatic heterocycles. The molecule has 0 unspecified atom stereocenters. The zero-order valence-corrected chi connectivity index (χ0v) is 12.6. The van der Waals surface area contributed by atoms with Gasteiger partial charge in [-0.1, -0.05) is 0 Å². The molecule has 0 spiro atoms. The molecule has 1 amide bonds. The molecule has 3 heterocycles. The number of rotatable bonds is 3. The Morgan fingerprint density at radius 1 is 1.36 bits per heavy atom. The summed E-state index contributed by atoms with van der Waals surface area (Å²) in [6, 6.07) is 3.33. The number of thiophene rings is 1. The van der Waals surface area contributed by atoms with Gasteiger partial charge in [0.25, 0.3) is 5.91 Å². The molecule has 0 aliphatic heterocycles. The molecule has 0 saturated carbocycles. The summed E-state index contributed by atoms with van der Waals surface area (Å²) in [5.74, 6) is -1.76. The Balaban J connectivity index is 1.97. The molecule has 1 N–H and O–H groups in total. The van der Waals surface area contributed by atoms with Gasteiger partial charge in [-0.15, -0.1) is 11.3 Å². The number of aromatic nitrogens is 3. The molecule has 3 aromatic rings. The smallest absolute Gasteiger partial charge is 0.259 e. The van der Waals surface area contributed by atoms with Crippen molar-refractivity contribution in [2.75, 3.05) is 5.32 Å². The average molecular weight is 315 g/mol. The van der Waals surface area contributed by atoms with Crippen LogP contribution in [0.5, 0.6) is 0 Å². The van der Waals surface area contributed by atoms with Crippen LogP contribution in [-0.2, 0) is 0 Å². The number of hydrogen-bond donors (Lipinski definition) is 1. The third-order valence-electron chi connectivity index (χ3n) is 3.19. The summed E-state index contributed by atoms with van der Waals surface area (Å²) >= 11 is 0.995. The van der Waals surface area contributed by atoms with Crippen molar-refractivity contribution < 1.29 is 14.7 Å². The minimum absolute atomic E-state index is 0.0185. The number of anilines is 1. The number of aromatic carboxylic acids is 1. The first-order chi connectivity index (χ1) is 10.5. The lowest BCUT2D eigenvalue weighted by Crippen LogP contribution is -2.23. The minimum atomic E-state index is -1.32. The summed E-state index contributed by atoms with van der Waals surface area (Å²) in [4.78, 5) is 27.5.